The Bertz CT molecular complexity index is 465. The Hall–Kier alpha value is -1.39. The average Bonchev–Trinajstić information content (AvgIpc) is 2.41. The zero-order valence-corrected chi connectivity index (χ0v) is 11.9. The first-order valence-corrected chi connectivity index (χ1v) is 6.71. The van der Waals surface area contributed by atoms with Gasteiger partial charge in [-0.05, 0) is 37.6 Å². The number of nitrogens with zero attached hydrogens (tertiary/aromatic N) is 2. The molecule has 1 aromatic carbocycles. The molecule has 1 atom stereocenters. The molecule has 0 aliphatic carbocycles. The van der Waals surface area contributed by atoms with Crippen LogP contribution in [0.1, 0.15) is 22.8 Å². The number of aliphatic hydroxyl groups excluding tert-OH is 1. The zero-order chi connectivity index (χ0) is 14.0. The number of aliphatic hydroxyl groups is 1. The summed E-state index contributed by atoms with van der Waals surface area (Å²) in [6.45, 7) is 7.13. The molecule has 4 nitrogen and oxygen atoms in total. The number of aryl methyl sites for hydroxylation is 2. The van der Waals surface area contributed by atoms with Crippen molar-refractivity contribution in [1.82, 2.24) is 9.80 Å². The van der Waals surface area contributed by atoms with E-state index in [1.165, 1.54) is 5.56 Å². The van der Waals surface area contributed by atoms with Crippen molar-refractivity contribution in [1.29, 1.82) is 0 Å². The van der Waals surface area contributed by atoms with Crippen LogP contribution in [0, 0.1) is 13.8 Å². The largest absolute Gasteiger partial charge is 0.378 e. The van der Waals surface area contributed by atoms with Gasteiger partial charge in [0.2, 0.25) is 0 Å². The highest BCUT2D eigenvalue weighted by Crippen LogP contribution is 2.19. The second-order valence-corrected chi connectivity index (χ2v) is 5.37. The van der Waals surface area contributed by atoms with Crippen LogP contribution < -0.4 is 0 Å². The Balaban J connectivity index is 2.08. The molecule has 19 heavy (non-hydrogen) atoms. The molecule has 1 amide bonds. The smallest absolute Gasteiger partial charge is 0.256 e. The van der Waals surface area contributed by atoms with Crippen molar-refractivity contribution in [3.8, 4) is 0 Å². The second-order valence-electron chi connectivity index (χ2n) is 5.37. The van der Waals surface area contributed by atoms with Crippen LogP contribution in [0.15, 0.2) is 18.2 Å². The molecule has 0 spiro atoms. The molecule has 4 heteroatoms. The summed E-state index contributed by atoms with van der Waals surface area (Å²) in [5.41, 5.74) is 2.96. The van der Waals surface area contributed by atoms with Crippen LogP contribution in [0.25, 0.3) is 0 Å². The van der Waals surface area contributed by atoms with Gasteiger partial charge in [-0.25, -0.2) is 0 Å². The third-order valence-electron chi connectivity index (χ3n) is 3.90. The van der Waals surface area contributed by atoms with Gasteiger partial charge in [-0.1, -0.05) is 18.2 Å². The molecular weight excluding hydrogens is 240 g/mol. The number of hydrogen-bond acceptors (Lipinski definition) is 3. The van der Waals surface area contributed by atoms with E-state index in [0.717, 1.165) is 18.7 Å². The van der Waals surface area contributed by atoms with Gasteiger partial charge < -0.3 is 14.9 Å². The van der Waals surface area contributed by atoms with Crippen LogP contribution in [0.2, 0.25) is 0 Å². The Labute approximate surface area is 114 Å². The van der Waals surface area contributed by atoms with Gasteiger partial charge in [0.25, 0.3) is 5.91 Å². The summed E-state index contributed by atoms with van der Waals surface area (Å²) in [7, 11) is 2.04. The summed E-state index contributed by atoms with van der Waals surface area (Å²) in [5, 5.41) is 10.2. The summed E-state index contributed by atoms with van der Waals surface area (Å²) in [6.07, 6.45) is -1.04. The van der Waals surface area contributed by atoms with Crippen LogP contribution in [0.3, 0.4) is 0 Å². The zero-order valence-electron chi connectivity index (χ0n) is 11.9. The summed E-state index contributed by atoms with van der Waals surface area (Å²) in [4.78, 5) is 16.2. The van der Waals surface area contributed by atoms with Crippen molar-refractivity contribution in [3.63, 3.8) is 0 Å². The first-order valence-electron chi connectivity index (χ1n) is 6.71. The van der Waals surface area contributed by atoms with E-state index >= 15 is 0 Å². The number of rotatable bonds is 2. The molecule has 0 aromatic heterocycles. The second kappa shape index (κ2) is 5.72. The van der Waals surface area contributed by atoms with Crippen LogP contribution in [0.4, 0.5) is 0 Å². The Kier molecular flexibility index (Phi) is 4.22. The van der Waals surface area contributed by atoms with Crippen molar-refractivity contribution in [2.24, 2.45) is 0 Å². The summed E-state index contributed by atoms with van der Waals surface area (Å²) >= 11 is 0. The summed E-state index contributed by atoms with van der Waals surface area (Å²) in [6, 6.07) is 5.68. The minimum atomic E-state index is -1.04. The fourth-order valence-corrected chi connectivity index (χ4v) is 2.28. The highest BCUT2D eigenvalue weighted by molar-refractivity contribution is 5.82. The minimum Gasteiger partial charge on any atom is -0.378 e. The van der Waals surface area contributed by atoms with Gasteiger partial charge in [0.15, 0.2) is 6.10 Å². The van der Waals surface area contributed by atoms with Crippen LogP contribution in [-0.4, -0.2) is 54.0 Å². The van der Waals surface area contributed by atoms with Crippen LogP contribution in [0.5, 0.6) is 0 Å². The lowest BCUT2D eigenvalue weighted by Crippen LogP contribution is -2.48. The van der Waals surface area contributed by atoms with Crippen molar-refractivity contribution in [2.45, 2.75) is 20.0 Å². The van der Waals surface area contributed by atoms with E-state index in [1.54, 1.807) is 4.90 Å². The fraction of sp³-hybridized carbons (Fsp3) is 0.533. The van der Waals surface area contributed by atoms with E-state index in [1.807, 2.05) is 39.1 Å². The summed E-state index contributed by atoms with van der Waals surface area (Å²) < 4.78 is 0. The van der Waals surface area contributed by atoms with E-state index < -0.39 is 6.10 Å². The SMILES string of the molecule is Cc1ccc(C(O)C(=O)N2CCN(C)CC2)cc1C. The van der Waals surface area contributed by atoms with Gasteiger partial charge in [0.05, 0.1) is 0 Å². The lowest BCUT2D eigenvalue weighted by atomic mass is 10.0. The number of likely N-dealkylation sites (N-methyl/N-ethyl adjacent to an activating group) is 1. The van der Waals surface area contributed by atoms with E-state index in [2.05, 4.69) is 4.90 Å². The van der Waals surface area contributed by atoms with Gasteiger partial charge in [-0.2, -0.15) is 0 Å². The molecule has 1 aliphatic heterocycles. The van der Waals surface area contributed by atoms with Gasteiger partial charge in [0.1, 0.15) is 0 Å². The third-order valence-corrected chi connectivity index (χ3v) is 3.90. The molecule has 0 bridgehead atoms. The molecule has 1 aliphatic rings. The number of amides is 1. The quantitative estimate of drug-likeness (QED) is 0.868. The Morgan fingerprint density at radius 1 is 1.16 bits per heavy atom. The Morgan fingerprint density at radius 3 is 2.37 bits per heavy atom. The first-order chi connectivity index (χ1) is 8.99. The maximum atomic E-state index is 12.3. The highest BCUT2D eigenvalue weighted by Gasteiger charge is 2.26. The molecule has 1 heterocycles. The monoisotopic (exact) mass is 262 g/mol. The number of carbonyl (C=O) groups is 1. The maximum absolute atomic E-state index is 12.3. The molecule has 1 fully saturated rings. The van der Waals surface area contributed by atoms with Crippen molar-refractivity contribution < 1.29 is 9.90 Å². The molecule has 1 aromatic rings. The van der Waals surface area contributed by atoms with E-state index in [9.17, 15) is 9.90 Å². The van der Waals surface area contributed by atoms with E-state index in [-0.39, 0.29) is 5.91 Å². The molecule has 1 unspecified atom stereocenters. The average molecular weight is 262 g/mol. The van der Waals surface area contributed by atoms with E-state index in [4.69, 9.17) is 0 Å². The molecule has 104 valence electrons. The number of carbonyl (C=O) groups excluding carboxylic acids is 1. The number of hydrogen-bond donors (Lipinski definition) is 1. The minimum absolute atomic E-state index is 0.184. The Morgan fingerprint density at radius 2 is 1.79 bits per heavy atom. The standard InChI is InChI=1S/C15H22N2O2/c1-11-4-5-13(10-12(11)2)14(18)15(19)17-8-6-16(3)7-9-17/h4-5,10,14,18H,6-9H2,1-3H3. The lowest BCUT2D eigenvalue weighted by molar-refractivity contribution is -0.142. The van der Waals surface area contributed by atoms with Crippen molar-refractivity contribution in [2.75, 3.05) is 33.2 Å². The predicted molar refractivity (Wildman–Crippen MR) is 75.0 cm³/mol. The third kappa shape index (κ3) is 3.14. The van der Waals surface area contributed by atoms with Crippen LogP contribution >= 0.6 is 0 Å². The molecule has 0 saturated carbocycles. The van der Waals surface area contributed by atoms with Gasteiger partial charge >= 0.3 is 0 Å². The van der Waals surface area contributed by atoms with Crippen LogP contribution in [-0.2, 0) is 4.79 Å². The molecular formula is C15H22N2O2. The van der Waals surface area contributed by atoms with E-state index in [0.29, 0.717) is 18.7 Å². The normalized spacial score (nSPS) is 18.4. The first kappa shape index (κ1) is 14.0. The lowest BCUT2D eigenvalue weighted by Gasteiger charge is -2.33. The van der Waals surface area contributed by atoms with Gasteiger partial charge in [-0.3, -0.25) is 4.79 Å². The molecule has 2 rings (SSSR count). The molecule has 1 N–H and O–H groups in total. The highest BCUT2D eigenvalue weighted by atomic mass is 16.3. The van der Waals surface area contributed by atoms with Crippen molar-refractivity contribution in [3.05, 3.63) is 34.9 Å². The topological polar surface area (TPSA) is 43.8 Å². The molecule has 1 saturated heterocycles. The summed E-state index contributed by atoms with van der Waals surface area (Å²) in [5.74, 6) is -0.184. The number of benzene rings is 1. The number of piperazine rings is 1. The van der Waals surface area contributed by atoms with Gasteiger partial charge in [0, 0.05) is 26.2 Å². The van der Waals surface area contributed by atoms with Crippen molar-refractivity contribution >= 4 is 5.91 Å². The fourth-order valence-electron chi connectivity index (χ4n) is 2.28. The molecule has 0 radical (unpaired) electrons. The van der Waals surface area contributed by atoms with Gasteiger partial charge in [-0.15, -0.1) is 0 Å². The maximum Gasteiger partial charge on any atom is 0.256 e. The predicted octanol–water partition coefficient (Wildman–Crippen LogP) is 1.11.